The topological polar surface area (TPSA) is 41.1 Å². The molecule has 3 nitrogen and oxygen atoms in total. The molecule has 0 radical (unpaired) electrons. The normalized spacial score (nSPS) is 21.2. The van der Waals surface area contributed by atoms with Crippen molar-refractivity contribution in [2.45, 2.75) is 26.3 Å². The number of benzene rings is 1. The van der Waals surface area contributed by atoms with Gasteiger partial charge in [-0.15, -0.1) is 0 Å². The van der Waals surface area contributed by atoms with Crippen molar-refractivity contribution in [3.63, 3.8) is 0 Å². The molecular formula is C14H20N2O. The van der Waals surface area contributed by atoms with E-state index in [4.69, 9.17) is 0 Å². The molecule has 3 heteroatoms. The van der Waals surface area contributed by atoms with Crippen molar-refractivity contribution < 1.29 is 4.79 Å². The lowest BCUT2D eigenvalue weighted by Gasteiger charge is -2.18. The van der Waals surface area contributed by atoms with E-state index in [0.29, 0.717) is 0 Å². The van der Waals surface area contributed by atoms with Gasteiger partial charge in [0.2, 0.25) is 5.91 Å². The van der Waals surface area contributed by atoms with Crippen molar-refractivity contribution in [1.82, 2.24) is 10.6 Å². The van der Waals surface area contributed by atoms with E-state index in [2.05, 4.69) is 29.7 Å². The van der Waals surface area contributed by atoms with Crippen LogP contribution in [0.4, 0.5) is 0 Å². The molecule has 0 spiro atoms. The van der Waals surface area contributed by atoms with E-state index >= 15 is 0 Å². The zero-order valence-electron chi connectivity index (χ0n) is 10.5. The molecule has 1 saturated heterocycles. The molecule has 1 aliphatic heterocycles. The number of nitrogens with one attached hydrogen (secondary N) is 2. The third kappa shape index (κ3) is 2.86. The molecule has 1 aromatic carbocycles. The number of carbonyl (C=O) groups is 1. The highest BCUT2D eigenvalue weighted by molar-refractivity contribution is 5.79. The van der Waals surface area contributed by atoms with E-state index in [1.165, 1.54) is 11.1 Å². The molecule has 1 aliphatic rings. The second-order valence-electron chi connectivity index (χ2n) is 4.78. The average molecular weight is 232 g/mol. The Kier molecular flexibility index (Phi) is 3.79. The molecule has 1 aromatic rings. The van der Waals surface area contributed by atoms with Gasteiger partial charge in [-0.3, -0.25) is 4.79 Å². The minimum atomic E-state index is 0.0873. The summed E-state index contributed by atoms with van der Waals surface area (Å²) in [4.78, 5) is 12.0. The molecule has 0 bridgehead atoms. The van der Waals surface area contributed by atoms with E-state index in [-0.39, 0.29) is 17.9 Å². The van der Waals surface area contributed by atoms with Gasteiger partial charge in [0, 0.05) is 6.54 Å². The molecule has 1 heterocycles. The minimum Gasteiger partial charge on any atom is -0.349 e. The summed E-state index contributed by atoms with van der Waals surface area (Å²) in [5.74, 6) is 0.312. The van der Waals surface area contributed by atoms with Gasteiger partial charge < -0.3 is 10.6 Å². The van der Waals surface area contributed by atoms with Crippen LogP contribution in [0.1, 0.15) is 30.5 Å². The summed E-state index contributed by atoms with van der Waals surface area (Å²) < 4.78 is 0. The number of hydrogen-bond donors (Lipinski definition) is 2. The Labute approximate surface area is 103 Å². The first-order valence-corrected chi connectivity index (χ1v) is 6.25. The molecule has 0 aliphatic carbocycles. The lowest BCUT2D eigenvalue weighted by atomic mass is 10.0. The lowest BCUT2D eigenvalue weighted by molar-refractivity contribution is -0.125. The maximum atomic E-state index is 12.0. The van der Waals surface area contributed by atoms with Gasteiger partial charge in [-0.25, -0.2) is 0 Å². The highest BCUT2D eigenvalue weighted by Gasteiger charge is 2.23. The van der Waals surface area contributed by atoms with Crippen molar-refractivity contribution in [3.8, 4) is 0 Å². The van der Waals surface area contributed by atoms with Crippen LogP contribution in [-0.2, 0) is 4.79 Å². The Hall–Kier alpha value is -1.35. The molecule has 2 atom stereocenters. The Balaban J connectivity index is 1.99. The van der Waals surface area contributed by atoms with Gasteiger partial charge in [0.05, 0.1) is 12.0 Å². The van der Waals surface area contributed by atoms with Crippen LogP contribution in [0.5, 0.6) is 0 Å². The Morgan fingerprint density at radius 1 is 1.47 bits per heavy atom. The second-order valence-corrected chi connectivity index (χ2v) is 4.78. The first-order valence-electron chi connectivity index (χ1n) is 6.25. The van der Waals surface area contributed by atoms with E-state index in [1.54, 1.807) is 0 Å². The van der Waals surface area contributed by atoms with E-state index in [9.17, 15) is 4.79 Å². The smallest absolute Gasteiger partial charge is 0.224 e. The number of rotatable bonds is 3. The minimum absolute atomic E-state index is 0.0873. The van der Waals surface area contributed by atoms with E-state index in [1.807, 2.05) is 19.1 Å². The average Bonchev–Trinajstić information content (AvgIpc) is 2.82. The fourth-order valence-electron chi connectivity index (χ4n) is 2.36. The molecular weight excluding hydrogens is 212 g/mol. The fourth-order valence-corrected chi connectivity index (χ4v) is 2.36. The SMILES string of the molecule is Cc1ccccc1[C@H](C)NC(=O)C1CCNC1. The predicted molar refractivity (Wildman–Crippen MR) is 68.7 cm³/mol. The van der Waals surface area contributed by atoms with Crippen LogP contribution < -0.4 is 10.6 Å². The second kappa shape index (κ2) is 5.32. The Bertz CT molecular complexity index is 397. The Morgan fingerprint density at radius 2 is 2.24 bits per heavy atom. The predicted octanol–water partition coefficient (Wildman–Crippen LogP) is 1.78. The van der Waals surface area contributed by atoms with Gasteiger partial charge in [-0.1, -0.05) is 24.3 Å². The maximum Gasteiger partial charge on any atom is 0.224 e. The zero-order chi connectivity index (χ0) is 12.3. The molecule has 2 N–H and O–H groups in total. The largest absolute Gasteiger partial charge is 0.349 e. The van der Waals surface area contributed by atoms with Crippen molar-refractivity contribution in [1.29, 1.82) is 0 Å². The van der Waals surface area contributed by atoms with Crippen molar-refractivity contribution >= 4 is 5.91 Å². The van der Waals surface area contributed by atoms with Gasteiger partial charge in [0.15, 0.2) is 0 Å². The number of aryl methyl sites for hydroxylation is 1. The third-order valence-corrected chi connectivity index (χ3v) is 3.44. The number of amides is 1. The highest BCUT2D eigenvalue weighted by atomic mass is 16.2. The summed E-state index contributed by atoms with van der Waals surface area (Å²) >= 11 is 0. The molecule has 1 unspecified atom stereocenters. The van der Waals surface area contributed by atoms with Crippen LogP contribution in [0.15, 0.2) is 24.3 Å². The first-order chi connectivity index (χ1) is 8.18. The molecule has 0 saturated carbocycles. The van der Waals surface area contributed by atoms with Crippen molar-refractivity contribution in [2.24, 2.45) is 5.92 Å². The summed E-state index contributed by atoms with van der Waals surface area (Å²) in [6.07, 6.45) is 0.951. The maximum absolute atomic E-state index is 12.0. The number of carbonyl (C=O) groups excluding carboxylic acids is 1. The van der Waals surface area contributed by atoms with Gasteiger partial charge in [0.25, 0.3) is 0 Å². The van der Waals surface area contributed by atoms with Crippen LogP contribution in [-0.4, -0.2) is 19.0 Å². The molecule has 17 heavy (non-hydrogen) atoms. The summed E-state index contributed by atoms with van der Waals surface area (Å²) in [5, 5.41) is 6.32. The third-order valence-electron chi connectivity index (χ3n) is 3.44. The monoisotopic (exact) mass is 232 g/mol. The van der Waals surface area contributed by atoms with Crippen LogP contribution in [0, 0.1) is 12.8 Å². The number of hydrogen-bond acceptors (Lipinski definition) is 2. The van der Waals surface area contributed by atoms with Crippen LogP contribution in [0.3, 0.4) is 0 Å². The van der Waals surface area contributed by atoms with Gasteiger partial charge >= 0.3 is 0 Å². The summed E-state index contributed by atoms with van der Waals surface area (Å²) in [6, 6.07) is 8.28. The Morgan fingerprint density at radius 3 is 2.88 bits per heavy atom. The highest BCUT2D eigenvalue weighted by Crippen LogP contribution is 2.18. The fraction of sp³-hybridized carbons (Fsp3) is 0.500. The lowest BCUT2D eigenvalue weighted by Crippen LogP contribution is -2.34. The van der Waals surface area contributed by atoms with Crippen molar-refractivity contribution in [3.05, 3.63) is 35.4 Å². The van der Waals surface area contributed by atoms with E-state index < -0.39 is 0 Å². The summed E-state index contributed by atoms with van der Waals surface area (Å²) in [6.45, 7) is 5.89. The zero-order valence-corrected chi connectivity index (χ0v) is 10.5. The van der Waals surface area contributed by atoms with Crippen LogP contribution >= 0.6 is 0 Å². The summed E-state index contributed by atoms with van der Waals surface area (Å²) in [7, 11) is 0. The standard InChI is InChI=1S/C14H20N2O/c1-10-5-3-4-6-13(10)11(2)16-14(17)12-7-8-15-9-12/h3-6,11-12,15H,7-9H2,1-2H3,(H,16,17)/t11-,12?/m0/s1. The molecule has 0 aromatic heterocycles. The van der Waals surface area contributed by atoms with Crippen LogP contribution in [0.2, 0.25) is 0 Å². The van der Waals surface area contributed by atoms with Gasteiger partial charge in [-0.05, 0) is 37.9 Å². The van der Waals surface area contributed by atoms with E-state index in [0.717, 1.165) is 19.5 Å². The molecule has 92 valence electrons. The summed E-state index contributed by atoms with van der Waals surface area (Å²) in [5.41, 5.74) is 2.43. The van der Waals surface area contributed by atoms with Crippen molar-refractivity contribution in [2.75, 3.05) is 13.1 Å². The molecule has 1 fully saturated rings. The quantitative estimate of drug-likeness (QED) is 0.834. The molecule has 2 rings (SSSR count). The van der Waals surface area contributed by atoms with Gasteiger partial charge in [-0.2, -0.15) is 0 Å². The van der Waals surface area contributed by atoms with Gasteiger partial charge in [0.1, 0.15) is 0 Å². The first kappa shape index (κ1) is 12.1. The molecule has 1 amide bonds. The van der Waals surface area contributed by atoms with Crippen LogP contribution in [0.25, 0.3) is 0 Å².